The number of carbonyl (C=O) groups excluding carboxylic acids is 1. The summed E-state index contributed by atoms with van der Waals surface area (Å²) in [5.74, 6) is 0.664. The van der Waals surface area contributed by atoms with Crippen molar-refractivity contribution in [3.05, 3.63) is 24.3 Å². The Kier molecular flexibility index (Phi) is 6.74. The van der Waals surface area contributed by atoms with Crippen molar-refractivity contribution < 1.29 is 14.3 Å². The van der Waals surface area contributed by atoms with E-state index >= 15 is 0 Å². The molecule has 5 heteroatoms. The van der Waals surface area contributed by atoms with Gasteiger partial charge in [0, 0.05) is 26.2 Å². The van der Waals surface area contributed by atoms with E-state index in [4.69, 9.17) is 9.47 Å². The van der Waals surface area contributed by atoms with Gasteiger partial charge in [-0.3, -0.25) is 0 Å². The first kappa shape index (κ1) is 15.3. The van der Waals surface area contributed by atoms with Crippen molar-refractivity contribution in [1.82, 2.24) is 5.32 Å². The van der Waals surface area contributed by atoms with Gasteiger partial charge in [-0.2, -0.15) is 0 Å². The molecular weight excluding hydrogens is 244 g/mol. The summed E-state index contributed by atoms with van der Waals surface area (Å²) >= 11 is 0. The van der Waals surface area contributed by atoms with Crippen molar-refractivity contribution in [2.75, 3.05) is 25.6 Å². The number of carbonyl (C=O) groups is 1. The van der Waals surface area contributed by atoms with Crippen LogP contribution in [-0.2, 0) is 4.74 Å². The van der Waals surface area contributed by atoms with Crippen molar-refractivity contribution in [2.24, 2.45) is 0 Å². The maximum atomic E-state index is 11.7. The lowest BCUT2D eigenvalue weighted by Gasteiger charge is -2.14. The van der Waals surface area contributed by atoms with Crippen LogP contribution in [-0.4, -0.2) is 32.4 Å². The summed E-state index contributed by atoms with van der Waals surface area (Å²) in [6.07, 6.45) is 0.809. The van der Waals surface area contributed by atoms with Crippen LogP contribution in [0.25, 0.3) is 0 Å². The molecule has 0 spiro atoms. The molecule has 0 radical (unpaired) electrons. The highest BCUT2D eigenvalue weighted by Crippen LogP contribution is 2.23. The largest absolute Gasteiger partial charge is 0.491 e. The van der Waals surface area contributed by atoms with Crippen molar-refractivity contribution in [3.63, 3.8) is 0 Å². The number of para-hydroxylation sites is 2. The van der Waals surface area contributed by atoms with E-state index in [1.807, 2.05) is 38.1 Å². The Morgan fingerprint density at radius 2 is 2.00 bits per heavy atom. The van der Waals surface area contributed by atoms with Gasteiger partial charge in [0.1, 0.15) is 5.75 Å². The van der Waals surface area contributed by atoms with Gasteiger partial charge < -0.3 is 20.1 Å². The van der Waals surface area contributed by atoms with Crippen LogP contribution in [0.1, 0.15) is 20.3 Å². The number of hydrogen-bond acceptors (Lipinski definition) is 3. The van der Waals surface area contributed by atoms with Crippen LogP contribution in [0.4, 0.5) is 10.5 Å². The minimum Gasteiger partial charge on any atom is -0.491 e. The number of benzene rings is 1. The van der Waals surface area contributed by atoms with Crippen molar-refractivity contribution in [2.45, 2.75) is 26.3 Å². The normalized spacial score (nSPS) is 10.3. The van der Waals surface area contributed by atoms with E-state index in [0.29, 0.717) is 24.7 Å². The Labute approximate surface area is 114 Å². The molecule has 5 nitrogen and oxygen atoms in total. The highest BCUT2D eigenvalue weighted by Gasteiger charge is 2.07. The Bertz CT molecular complexity index is 394. The molecule has 0 fully saturated rings. The molecule has 0 aromatic heterocycles. The van der Waals surface area contributed by atoms with E-state index < -0.39 is 0 Å². The van der Waals surface area contributed by atoms with E-state index in [2.05, 4.69) is 10.6 Å². The average molecular weight is 266 g/mol. The molecule has 2 N–H and O–H groups in total. The van der Waals surface area contributed by atoms with Crippen LogP contribution in [0.3, 0.4) is 0 Å². The summed E-state index contributed by atoms with van der Waals surface area (Å²) in [4.78, 5) is 11.7. The first-order chi connectivity index (χ1) is 9.13. The minimum atomic E-state index is -0.233. The van der Waals surface area contributed by atoms with Gasteiger partial charge in [0.05, 0.1) is 12.3 Å². The van der Waals surface area contributed by atoms with E-state index in [9.17, 15) is 4.79 Å². The molecule has 19 heavy (non-hydrogen) atoms. The fourth-order valence-corrected chi connectivity index (χ4v) is 1.50. The highest BCUT2D eigenvalue weighted by molar-refractivity contribution is 5.91. The van der Waals surface area contributed by atoms with Crippen molar-refractivity contribution in [3.8, 4) is 5.75 Å². The van der Waals surface area contributed by atoms with Gasteiger partial charge in [-0.25, -0.2) is 4.79 Å². The summed E-state index contributed by atoms with van der Waals surface area (Å²) in [6, 6.07) is 7.23. The molecule has 0 saturated heterocycles. The van der Waals surface area contributed by atoms with Crippen molar-refractivity contribution >= 4 is 11.7 Å². The minimum absolute atomic E-state index is 0.0924. The lowest BCUT2D eigenvalue weighted by Crippen LogP contribution is -2.34. The molecule has 0 bridgehead atoms. The quantitative estimate of drug-likeness (QED) is 0.746. The molecule has 0 saturated carbocycles. The lowest BCUT2D eigenvalue weighted by molar-refractivity contribution is 0.172. The number of amides is 2. The van der Waals surface area contributed by atoms with Gasteiger partial charge in [-0.05, 0) is 26.0 Å². The monoisotopic (exact) mass is 266 g/mol. The fourth-order valence-electron chi connectivity index (χ4n) is 1.50. The molecule has 0 aliphatic carbocycles. The number of anilines is 1. The number of urea groups is 1. The summed E-state index contributed by atoms with van der Waals surface area (Å²) in [5.41, 5.74) is 0.665. The topological polar surface area (TPSA) is 59.6 Å². The number of nitrogens with one attached hydrogen (secondary N) is 2. The zero-order chi connectivity index (χ0) is 14.1. The van der Waals surface area contributed by atoms with Gasteiger partial charge in [0.25, 0.3) is 0 Å². The highest BCUT2D eigenvalue weighted by atomic mass is 16.5. The maximum Gasteiger partial charge on any atom is 0.319 e. The molecule has 0 aliphatic heterocycles. The number of methoxy groups -OCH3 is 1. The predicted octanol–water partition coefficient (Wildman–Crippen LogP) is 2.63. The fraction of sp³-hybridized carbons (Fsp3) is 0.500. The second kappa shape index (κ2) is 8.37. The van der Waals surface area contributed by atoms with E-state index in [0.717, 1.165) is 6.42 Å². The average Bonchev–Trinajstić information content (AvgIpc) is 2.35. The van der Waals surface area contributed by atoms with E-state index in [1.54, 1.807) is 7.11 Å². The van der Waals surface area contributed by atoms with Gasteiger partial charge in [0.15, 0.2) is 0 Å². The van der Waals surface area contributed by atoms with Crippen molar-refractivity contribution in [1.29, 1.82) is 0 Å². The summed E-state index contributed by atoms with van der Waals surface area (Å²) in [7, 11) is 1.66. The summed E-state index contributed by atoms with van der Waals surface area (Å²) in [6.45, 7) is 5.03. The van der Waals surface area contributed by atoms with Gasteiger partial charge in [-0.15, -0.1) is 0 Å². The molecular formula is C14H22N2O3. The molecule has 106 valence electrons. The molecule has 1 aromatic carbocycles. The first-order valence-corrected chi connectivity index (χ1v) is 6.41. The maximum absolute atomic E-state index is 11.7. The van der Waals surface area contributed by atoms with Crippen LogP contribution in [0.15, 0.2) is 24.3 Å². The van der Waals surface area contributed by atoms with Gasteiger partial charge in [-0.1, -0.05) is 12.1 Å². The Balaban J connectivity index is 2.55. The second-order valence-electron chi connectivity index (χ2n) is 4.44. The summed E-state index contributed by atoms with van der Waals surface area (Å²) in [5, 5.41) is 5.55. The molecule has 0 atom stereocenters. The lowest BCUT2D eigenvalue weighted by atomic mass is 10.3. The second-order valence-corrected chi connectivity index (χ2v) is 4.44. The Hall–Kier alpha value is -1.75. The molecule has 0 aliphatic rings. The van der Waals surface area contributed by atoms with Crippen LogP contribution < -0.4 is 15.4 Å². The predicted molar refractivity (Wildman–Crippen MR) is 75.7 cm³/mol. The van der Waals surface area contributed by atoms with Crippen LogP contribution >= 0.6 is 0 Å². The Morgan fingerprint density at radius 1 is 1.26 bits per heavy atom. The smallest absolute Gasteiger partial charge is 0.319 e. The number of ether oxygens (including phenoxy) is 2. The summed E-state index contributed by atoms with van der Waals surface area (Å²) < 4.78 is 10.6. The molecule has 1 aromatic rings. The standard InChI is InChI=1S/C14H22N2O3/c1-11(2)15-14(17)16-12-7-4-5-8-13(12)19-10-6-9-18-3/h4-5,7-8,11H,6,9-10H2,1-3H3,(H2,15,16,17). The van der Waals surface area contributed by atoms with Crippen LogP contribution in [0.2, 0.25) is 0 Å². The SMILES string of the molecule is COCCCOc1ccccc1NC(=O)NC(C)C. The zero-order valence-corrected chi connectivity index (χ0v) is 11.7. The van der Waals surface area contributed by atoms with Crippen LogP contribution in [0, 0.1) is 0 Å². The zero-order valence-electron chi connectivity index (χ0n) is 11.7. The van der Waals surface area contributed by atoms with Gasteiger partial charge in [0.2, 0.25) is 0 Å². The number of rotatable bonds is 7. The van der Waals surface area contributed by atoms with E-state index in [1.165, 1.54) is 0 Å². The van der Waals surface area contributed by atoms with Gasteiger partial charge >= 0.3 is 6.03 Å². The first-order valence-electron chi connectivity index (χ1n) is 6.41. The Morgan fingerprint density at radius 3 is 2.68 bits per heavy atom. The van der Waals surface area contributed by atoms with Crippen LogP contribution in [0.5, 0.6) is 5.75 Å². The molecule has 2 amide bonds. The third kappa shape index (κ3) is 6.10. The third-order valence-corrected chi connectivity index (χ3v) is 2.31. The molecule has 1 rings (SSSR count). The van der Waals surface area contributed by atoms with E-state index in [-0.39, 0.29) is 12.1 Å². The molecule has 0 heterocycles. The number of hydrogen-bond donors (Lipinski definition) is 2. The molecule has 0 unspecified atom stereocenters. The third-order valence-electron chi connectivity index (χ3n) is 2.31.